The minimum Gasteiger partial charge on any atom is -0.497 e. The van der Waals surface area contributed by atoms with E-state index in [1.165, 1.54) is 18.5 Å². The molecule has 0 saturated carbocycles. The average molecular weight is 375 g/mol. The van der Waals surface area contributed by atoms with Gasteiger partial charge in [0.2, 0.25) is 0 Å². The number of methoxy groups -OCH3 is 1. The van der Waals surface area contributed by atoms with Crippen molar-refractivity contribution in [2.24, 2.45) is 0 Å². The van der Waals surface area contributed by atoms with Crippen LogP contribution in [0, 0.1) is 6.92 Å². The molecule has 0 fully saturated rings. The van der Waals surface area contributed by atoms with Gasteiger partial charge >= 0.3 is 0 Å². The minimum atomic E-state index is -0.353. The Labute approximate surface area is 163 Å². The van der Waals surface area contributed by atoms with Crippen molar-refractivity contribution in [2.45, 2.75) is 13.5 Å². The molecule has 6 heteroatoms. The van der Waals surface area contributed by atoms with E-state index in [4.69, 9.17) is 4.74 Å². The zero-order valence-corrected chi connectivity index (χ0v) is 15.7. The number of benzene rings is 2. The third-order valence-corrected chi connectivity index (χ3v) is 4.13. The van der Waals surface area contributed by atoms with Gasteiger partial charge in [0.1, 0.15) is 5.75 Å². The first-order chi connectivity index (χ1) is 13.5. The minimum absolute atomic E-state index is 0.287. The Morgan fingerprint density at radius 3 is 2.46 bits per heavy atom. The Morgan fingerprint density at radius 1 is 0.964 bits per heavy atom. The molecule has 2 amide bonds. The maximum atomic E-state index is 12.5. The number of carbonyl (C=O) groups is 2. The Balaban J connectivity index is 1.66. The summed E-state index contributed by atoms with van der Waals surface area (Å²) in [5, 5.41) is 5.62. The van der Waals surface area contributed by atoms with E-state index < -0.39 is 0 Å². The smallest absolute Gasteiger partial charge is 0.257 e. The van der Waals surface area contributed by atoms with Gasteiger partial charge in [-0.05, 0) is 30.7 Å². The van der Waals surface area contributed by atoms with Crippen LogP contribution in [0.1, 0.15) is 31.8 Å². The van der Waals surface area contributed by atoms with Gasteiger partial charge in [-0.15, -0.1) is 0 Å². The molecule has 0 atom stereocenters. The summed E-state index contributed by atoms with van der Waals surface area (Å²) in [4.78, 5) is 28.9. The van der Waals surface area contributed by atoms with Crippen molar-refractivity contribution in [3.05, 3.63) is 89.2 Å². The number of amides is 2. The number of aryl methyl sites for hydroxylation is 1. The van der Waals surface area contributed by atoms with Gasteiger partial charge in [0, 0.05) is 30.7 Å². The van der Waals surface area contributed by atoms with Gasteiger partial charge in [-0.3, -0.25) is 14.6 Å². The number of carbonyl (C=O) groups excluding carboxylic acids is 2. The summed E-state index contributed by atoms with van der Waals surface area (Å²) >= 11 is 0. The van der Waals surface area contributed by atoms with Crippen molar-refractivity contribution >= 4 is 17.5 Å². The first-order valence-electron chi connectivity index (χ1n) is 8.79. The molecular weight excluding hydrogens is 354 g/mol. The predicted molar refractivity (Wildman–Crippen MR) is 108 cm³/mol. The highest BCUT2D eigenvalue weighted by Crippen LogP contribution is 2.17. The molecule has 0 unspecified atom stereocenters. The van der Waals surface area contributed by atoms with E-state index in [9.17, 15) is 9.59 Å². The highest BCUT2D eigenvalue weighted by molar-refractivity contribution is 6.05. The van der Waals surface area contributed by atoms with Crippen LogP contribution in [0.4, 0.5) is 5.69 Å². The van der Waals surface area contributed by atoms with E-state index in [0.29, 0.717) is 29.1 Å². The Bertz CT molecular complexity index is 1000. The summed E-state index contributed by atoms with van der Waals surface area (Å²) in [5.74, 6) is -0.000624. The lowest BCUT2D eigenvalue weighted by Crippen LogP contribution is -2.23. The van der Waals surface area contributed by atoms with Crippen molar-refractivity contribution in [1.29, 1.82) is 0 Å². The largest absolute Gasteiger partial charge is 0.497 e. The Kier molecular flexibility index (Phi) is 6.01. The SMILES string of the molecule is COc1cccc(NC(=O)c2cncc(C(=O)NCc3cccc(C)c3)c2)c1. The maximum absolute atomic E-state index is 12.5. The van der Waals surface area contributed by atoms with Crippen LogP contribution >= 0.6 is 0 Å². The number of ether oxygens (including phenoxy) is 1. The van der Waals surface area contributed by atoms with Crippen LogP contribution in [0.5, 0.6) is 5.75 Å². The number of hydrogen-bond acceptors (Lipinski definition) is 4. The van der Waals surface area contributed by atoms with Crippen LogP contribution in [-0.2, 0) is 6.54 Å². The van der Waals surface area contributed by atoms with Crippen molar-refractivity contribution < 1.29 is 14.3 Å². The maximum Gasteiger partial charge on any atom is 0.257 e. The lowest BCUT2D eigenvalue weighted by Gasteiger charge is -2.09. The zero-order chi connectivity index (χ0) is 19.9. The summed E-state index contributed by atoms with van der Waals surface area (Å²) < 4.78 is 5.15. The van der Waals surface area contributed by atoms with Crippen LogP contribution in [0.15, 0.2) is 67.0 Å². The summed E-state index contributed by atoms with van der Waals surface area (Å²) in [5.41, 5.74) is 3.36. The molecule has 142 valence electrons. The van der Waals surface area contributed by atoms with Crippen molar-refractivity contribution in [3.8, 4) is 5.75 Å². The van der Waals surface area contributed by atoms with E-state index in [-0.39, 0.29) is 11.8 Å². The lowest BCUT2D eigenvalue weighted by atomic mass is 10.1. The normalized spacial score (nSPS) is 10.2. The average Bonchev–Trinajstić information content (AvgIpc) is 2.72. The topological polar surface area (TPSA) is 80.3 Å². The fraction of sp³-hybridized carbons (Fsp3) is 0.136. The second kappa shape index (κ2) is 8.81. The molecule has 28 heavy (non-hydrogen) atoms. The second-order valence-corrected chi connectivity index (χ2v) is 6.32. The number of rotatable bonds is 6. The standard InChI is InChI=1S/C22H21N3O3/c1-15-5-3-6-16(9-15)12-24-21(26)17-10-18(14-23-13-17)22(27)25-19-7-4-8-20(11-19)28-2/h3-11,13-14H,12H2,1-2H3,(H,24,26)(H,25,27). The second-order valence-electron chi connectivity index (χ2n) is 6.32. The Hall–Kier alpha value is -3.67. The Morgan fingerprint density at radius 2 is 1.71 bits per heavy atom. The highest BCUT2D eigenvalue weighted by atomic mass is 16.5. The summed E-state index contributed by atoms with van der Waals surface area (Å²) in [7, 11) is 1.56. The number of aromatic nitrogens is 1. The predicted octanol–water partition coefficient (Wildman–Crippen LogP) is 3.58. The molecular formula is C22H21N3O3. The molecule has 0 spiro atoms. The van der Waals surface area contributed by atoms with Crippen LogP contribution in [0.3, 0.4) is 0 Å². The molecule has 2 aromatic carbocycles. The van der Waals surface area contributed by atoms with Gasteiger partial charge in [-0.25, -0.2) is 0 Å². The molecule has 3 aromatic rings. The van der Waals surface area contributed by atoms with E-state index in [2.05, 4.69) is 15.6 Å². The van der Waals surface area contributed by atoms with Crippen LogP contribution < -0.4 is 15.4 Å². The molecule has 0 saturated heterocycles. The van der Waals surface area contributed by atoms with E-state index in [1.807, 2.05) is 31.2 Å². The van der Waals surface area contributed by atoms with E-state index >= 15 is 0 Å². The lowest BCUT2D eigenvalue weighted by molar-refractivity contribution is 0.0950. The van der Waals surface area contributed by atoms with Crippen LogP contribution in [0.25, 0.3) is 0 Å². The van der Waals surface area contributed by atoms with Gasteiger partial charge in [-0.1, -0.05) is 35.9 Å². The first kappa shape index (κ1) is 19.1. The highest BCUT2D eigenvalue weighted by Gasteiger charge is 2.12. The third-order valence-electron chi connectivity index (χ3n) is 4.13. The number of nitrogens with zero attached hydrogens (tertiary/aromatic N) is 1. The number of pyridine rings is 1. The summed E-state index contributed by atoms with van der Waals surface area (Å²) in [6.07, 6.45) is 2.86. The number of nitrogens with one attached hydrogen (secondary N) is 2. The molecule has 0 aliphatic carbocycles. The van der Waals surface area contributed by atoms with Crippen molar-refractivity contribution in [1.82, 2.24) is 10.3 Å². The number of anilines is 1. The van der Waals surface area contributed by atoms with Gasteiger partial charge in [0.15, 0.2) is 0 Å². The van der Waals surface area contributed by atoms with E-state index in [0.717, 1.165) is 11.1 Å². The summed E-state index contributed by atoms with van der Waals surface area (Å²) in [6, 6.07) is 16.5. The van der Waals surface area contributed by atoms with Gasteiger partial charge in [0.05, 0.1) is 18.2 Å². The van der Waals surface area contributed by atoms with E-state index in [1.54, 1.807) is 31.4 Å². The monoisotopic (exact) mass is 375 g/mol. The van der Waals surface area contributed by atoms with Gasteiger partial charge in [-0.2, -0.15) is 0 Å². The van der Waals surface area contributed by atoms with Crippen LogP contribution in [0.2, 0.25) is 0 Å². The quantitative estimate of drug-likeness (QED) is 0.690. The molecule has 3 rings (SSSR count). The molecule has 6 nitrogen and oxygen atoms in total. The third kappa shape index (κ3) is 4.94. The van der Waals surface area contributed by atoms with Crippen molar-refractivity contribution in [2.75, 3.05) is 12.4 Å². The fourth-order valence-electron chi connectivity index (χ4n) is 2.70. The molecule has 0 aliphatic heterocycles. The first-order valence-corrected chi connectivity index (χ1v) is 8.79. The molecule has 1 heterocycles. The molecule has 0 radical (unpaired) electrons. The van der Waals surface area contributed by atoms with Crippen LogP contribution in [-0.4, -0.2) is 23.9 Å². The molecule has 0 aliphatic rings. The fourth-order valence-corrected chi connectivity index (χ4v) is 2.70. The van der Waals surface area contributed by atoms with Gasteiger partial charge in [0.25, 0.3) is 11.8 Å². The zero-order valence-electron chi connectivity index (χ0n) is 15.7. The molecule has 1 aromatic heterocycles. The number of hydrogen-bond donors (Lipinski definition) is 2. The molecule has 0 bridgehead atoms. The molecule has 2 N–H and O–H groups in total. The van der Waals surface area contributed by atoms with Crippen molar-refractivity contribution in [3.63, 3.8) is 0 Å². The summed E-state index contributed by atoms with van der Waals surface area (Å²) in [6.45, 7) is 2.40. The van der Waals surface area contributed by atoms with Gasteiger partial charge < -0.3 is 15.4 Å².